The zero-order chi connectivity index (χ0) is 10.4. The van der Waals surface area contributed by atoms with Crippen molar-refractivity contribution in [3.63, 3.8) is 0 Å². The highest BCUT2D eigenvalue weighted by Gasteiger charge is 2.46. The molecule has 3 atom stereocenters. The fourth-order valence-electron chi connectivity index (χ4n) is 3.21. The molecule has 1 aliphatic heterocycles. The first-order valence-electron chi connectivity index (χ1n) is 6.06. The first-order valence-corrected chi connectivity index (χ1v) is 6.06. The van der Waals surface area contributed by atoms with Crippen molar-refractivity contribution in [1.82, 2.24) is 0 Å². The number of rotatable bonds is 0. The molecule has 0 aromatic rings. The third-order valence-corrected chi connectivity index (χ3v) is 4.54. The maximum absolute atomic E-state index is 5.91. The minimum atomic E-state index is 0.238. The third kappa shape index (κ3) is 1.71. The Balaban J connectivity index is 2.05. The van der Waals surface area contributed by atoms with Gasteiger partial charge in [0.05, 0.1) is 5.60 Å². The molecule has 1 heteroatoms. The molecule has 2 fully saturated rings. The second kappa shape index (κ2) is 3.23. The summed E-state index contributed by atoms with van der Waals surface area (Å²) < 4.78 is 5.91. The maximum Gasteiger partial charge on any atom is 0.0683 e. The Morgan fingerprint density at radius 2 is 1.93 bits per heavy atom. The van der Waals surface area contributed by atoms with Gasteiger partial charge in [0.1, 0.15) is 0 Å². The largest absolute Gasteiger partial charge is 0.375 e. The van der Waals surface area contributed by atoms with E-state index in [-0.39, 0.29) is 5.60 Å². The molecule has 0 aromatic heterocycles. The summed E-state index contributed by atoms with van der Waals surface area (Å²) in [5.74, 6) is 1.74. The molecule has 1 saturated heterocycles. The topological polar surface area (TPSA) is 9.23 Å². The van der Waals surface area contributed by atoms with Crippen LogP contribution < -0.4 is 0 Å². The molecule has 1 saturated carbocycles. The Kier molecular flexibility index (Phi) is 2.42. The lowest BCUT2D eigenvalue weighted by atomic mass is 9.64. The highest BCUT2D eigenvalue weighted by Crippen LogP contribution is 2.49. The van der Waals surface area contributed by atoms with Crippen LogP contribution in [-0.2, 0) is 4.74 Å². The zero-order valence-corrected chi connectivity index (χ0v) is 10.1. The van der Waals surface area contributed by atoms with Crippen molar-refractivity contribution in [2.45, 2.75) is 59.0 Å². The molecule has 0 amide bonds. The minimum Gasteiger partial charge on any atom is -0.375 e. The highest BCUT2D eigenvalue weighted by molar-refractivity contribution is 4.96. The van der Waals surface area contributed by atoms with Crippen LogP contribution in [0, 0.1) is 17.3 Å². The van der Waals surface area contributed by atoms with Crippen LogP contribution in [0.1, 0.15) is 53.4 Å². The van der Waals surface area contributed by atoms with Crippen LogP contribution in [0.3, 0.4) is 0 Å². The number of fused-ring (bicyclic) bond motifs is 1. The molecule has 82 valence electrons. The standard InChI is InChI=1S/C13H24O/c1-12(2,3)10-5-7-13(4)11(9-10)6-8-14-13/h10-11H,5-9H2,1-4H3/t10-,11-,13+/m1/s1. The Hall–Kier alpha value is -0.0400. The van der Waals surface area contributed by atoms with Gasteiger partial charge >= 0.3 is 0 Å². The van der Waals surface area contributed by atoms with E-state index in [4.69, 9.17) is 4.74 Å². The average Bonchev–Trinajstić information content (AvgIpc) is 2.42. The summed E-state index contributed by atoms with van der Waals surface area (Å²) in [4.78, 5) is 0. The summed E-state index contributed by atoms with van der Waals surface area (Å²) in [6.07, 6.45) is 5.32. The number of hydrogen-bond acceptors (Lipinski definition) is 1. The van der Waals surface area contributed by atoms with Gasteiger partial charge in [0.25, 0.3) is 0 Å². The molecule has 2 aliphatic rings. The highest BCUT2D eigenvalue weighted by atomic mass is 16.5. The van der Waals surface area contributed by atoms with Gasteiger partial charge < -0.3 is 4.74 Å². The van der Waals surface area contributed by atoms with Crippen LogP contribution >= 0.6 is 0 Å². The molecular formula is C13H24O. The van der Waals surface area contributed by atoms with Gasteiger partial charge in [-0.05, 0) is 49.9 Å². The van der Waals surface area contributed by atoms with Gasteiger partial charge in [-0.25, -0.2) is 0 Å². The summed E-state index contributed by atoms with van der Waals surface area (Å²) in [5.41, 5.74) is 0.728. The normalized spacial score (nSPS) is 43.7. The van der Waals surface area contributed by atoms with Crippen LogP contribution in [0.4, 0.5) is 0 Å². The molecule has 0 unspecified atom stereocenters. The van der Waals surface area contributed by atoms with Gasteiger partial charge in [-0.2, -0.15) is 0 Å². The molecule has 0 radical (unpaired) electrons. The van der Waals surface area contributed by atoms with Crippen molar-refractivity contribution >= 4 is 0 Å². The molecule has 14 heavy (non-hydrogen) atoms. The Morgan fingerprint density at radius 1 is 1.21 bits per heavy atom. The van der Waals surface area contributed by atoms with E-state index in [0.717, 1.165) is 18.4 Å². The predicted molar refractivity (Wildman–Crippen MR) is 59.3 cm³/mol. The quantitative estimate of drug-likeness (QED) is 0.575. The lowest BCUT2D eigenvalue weighted by Crippen LogP contribution is -2.40. The molecule has 0 bridgehead atoms. The van der Waals surface area contributed by atoms with Gasteiger partial charge in [-0.1, -0.05) is 20.8 Å². The van der Waals surface area contributed by atoms with Gasteiger partial charge in [0.15, 0.2) is 0 Å². The van der Waals surface area contributed by atoms with E-state index in [0.29, 0.717) is 5.41 Å². The smallest absolute Gasteiger partial charge is 0.0683 e. The zero-order valence-electron chi connectivity index (χ0n) is 10.1. The molecule has 2 rings (SSSR count). The van der Waals surface area contributed by atoms with Gasteiger partial charge in [0, 0.05) is 6.61 Å². The van der Waals surface area contributed by atoms with Crippen LogP contribution in [0.2, 0.25) is 0 Å². The van der Waals surface area contributed by atoms with Crippen LogP contribution in [0.5, 0.6) is 0 Å². The minimum absolute atomic E-state index is 0.238. The molecule has 1 nitrogen and oxygen atoms in total. The van der Waals surface area contributed by atoms with Crippen molar-refractivity contribution in [1.29, 1.82) is 0 Å². The van der Waals surface area contributed by atoms with Crippen molar-refractivity contribution in [2.75, 3.05) is 6.61 Å². The summed E-state index contributed by atoms with van der Waals surface area (Å²) in [6, 6.07) is 0. The van der Waals surface area contributed by atoms with Crippen LogP contribution in [0.25, 0.3) is 0 Å². The van der Waals surface area contributed by atoms with E-state index in [1.54, 1.807) is 0 Å². The summed E-state index contributed by atoms with van der Waals surface area (Å²) in [7, 11) is 0. The second-order valence-electron chi connectivity index (χ2n) is 6.48. The molecule has 1 heterocycles. The molecule has 0 N–H and O–H groups in total. The Bertz CT molecular complexity index is 216. The first kappa shape index (κ1) is 10.5. The van der Waals surface area contributed by atoms with Crippen molar-refractivity contribution in [3.05, 3.63) is 0 Å². The molecule has 0 spiro atoms. The van der Waals surface area contributed by atoms with E-state index in [1.807, 2.05) is 0 Å². The number of ether oxygens (including phenoxy) is 1. The number of hydrogen-bond donors (Lipinski definition) is 0. The lowest BCUT2D eigenvalue weighted by molar-refractivity contribution is -0.0523. The maximum atomic E-state index is 5.91. The third-order valence-electron chi connectivity index (χ3n) is 4.54. The van der Waals surface area contributed by atoms with E-state index in [1.165, 1.54) is 25.7 Å². The first-order chi connectivity index (χ1) is 6.42. The summed E-state index contributed by atoms with van der Waals surface area (Å²) in [6.45, 7) is 10.5. The lowest BCUT2D eigenvalue weighted by Gasteiger charge is -2.43. The fraction of sp³-hybridized carbons (Fsp3) is 1.00. The Labute approximate surface area is 88.2 Å². The van der Waals surface area contributed by atoms with Gasteiger partial charge in [0.2, 0.25) is 0 Å². The van der Waals surface area contributed by atoms with Crippen LogP contribution in [0.15, 0.2) is 0 Å². The average molecular weight is 196 g/mol. The van der Waals surface area contributed by atoms with Crippen molar-refractivity contribution in [2.24, 2.45) is 17.3 Å². The molecular weight excluding hydrogens is 172 g/mol. The van der Waals surface area contributed by atoms with E-state index in [2.05, 4.69) is 27.7 Å². The van der Waals surface area contributed by atoms with Gasteiger partial charge in [-0.3, -0.25) is 0 Å². The molecule has 1 aliphatic carbocycles. The summed E-state index contributed by atoms with van der Waals surface area (Å²) >= 11 is 0. The predicted octanol–water partition coefficient (Wildman–Crippen LogP) is 3.63. The van der Waals surface area contributed by atoms with E-state index >= 15 is 0 Å². The Morgan fingerprint density at radius 3 is 2.57 bits per heavy atom. The summed E-state index contributed by atoms with van der Waals surface area (Å²) in [5, 5.41) is 0. The van der Waals surface area contributed by atoms with Crippen LogP contribution in [-0.4, -0.2) is 12.2 Å². The van der Waals surface area contributed by atoms with Gasteiger partial charge in [-0.15, -0.1) is 0 Å². The molecule has 0 aromatic carbocycles. The van der Waals surface area contributed by atoms with E-state index < -0.39 is 0 Å². The SMILES string of the molecule is CC(C)(C)[C@@H]1CC[C@]2(C)OCC[C@@H]2C1. The second-order valence-corrected chi connectivity index (χ2v) is 6.48. The monoisotopic (exact) mass is 196 g/mol. The van der Waals surface area contributed by atoms with Crippen molar-refractivity contribution < 1.29 is 4.74 Å². The van der Waals surface area contributed by atoms with Crippen molar-refractivity contribution in [3.8, 4) is 0 Å². The van der Waals surface area contributed by atoms with E-state index in [9.17, 15) is 0 Å². The fourth-order valence-corrected chi connectivity index (χ4v) is 3.21.